The van der Waals surface area contributed by atoms with E-state index in [1.54, 1.807) is 37.6 Å². The molecule has 2 aliphatic rings. The first-order chi connectivity index (χ1) is 14.4. The van der Waals surface area contributed by atoms with Crippen LogP contribution in [-0.4, -0.2) is 47.3 Å². The zero-order valence-corrected chi connectivity index (χ0v) is 17.9. The number of carbonyl (C=O) groups is 1. The Morgan fingerprint density at radius 1 is 1.33 bits per heavy atom. The van der Waals surface area contributed by atoms with Crippen molar-refractivity contribution in [3.05, 3.63) is 48.2 Å². The predicted molar refractivity (Wildman–Crippen MR) is 120 cm³/mol. The molecular formula is C20H21FN4O3S2. The van der Waals surface area contributed by atoms with E-state index < -0.39 is 17.5 Å². The molecule has 2 heterocycles. The summed E-state index contributed by atoms with van der Waals surface area (Å²) in [5.41, 5.74) is 0.939. The fourth-order valence-electron chi connectivity index (χ4n) is 3.43. The Morgan fingerprint density at radius 2 is 2.17 bits per heavy atom. The summed E-state index contributed by atoms with van der Waals surface area (Å²) in [6, 6.07) is 6.33. The van der Waals surface area contributed by atoms with Gasteiger partial charge in [-0.1, -0.05) is 24.4 Å². The minimum Gasteiger partial charge on any atom is -0.472 e. The first-order valence-corrected chi connectivity index (χ1v) is 10.3. The third-order valence-electron chi connectivity index (χ3n) is 5.13. The molecule has 1 aromatic heterocycles. The lowest BCUT2D eigenvalue weighted by Crippen LogP contribution is -2.34. The highest BCUT2D eigenvalue weighted by molar-refractivity contribution is 7.80. The van der Waals surface area contributed by atoms with Gasteiger partial charge in [-0.25, -0.2) is 9.18 Å². The van der Waals surface area contributed by atoms with Gasteiger partial charge < -0.3 is 25.1 Å². The summed E-state index contributed by atoms with van der Waals surface area (Å²) in [5.74, 6) is -0.438. The number of hydrogen-bond donors (Lipinski definition) is 3. The van der Waals surface area contributed by atoms with Crippen LogP contribution in [0.15, 0.2) is 41.2 Å². The van der Waals surface area contributed by atoms with Crippen molar-refractivity contribution in [1.82, 2.24) is 10.6 Å². The van der Waals surface area contributed by atoms with Gasteiger partial charge in [-0.05, 0) is 31.2 Å². The molecule has 158 valence electrons. The summed E-state index contributed by atoms with van der Waals surface area (Å²) in [6.07, 6.45) is 3.25. The lowest BCUT2D eigenvalue weighted by Gasteiger charge is -2.15. The molecule has 2 atom stereocenters. The maximum Gasteiger partial charge on any atom is 0.415 e. The monoisotopic (exact) mass is 448 g/mol. The van der Waals surface area contributed by atoms with E-state index in [-0.39, 0.29) is 6.04 Å². The van der Waals surface area contributed by atoms with Crippen LogP contribution in [0, 0.1) is 5.82 Å². The molecule has 3 N–H and O–H groups in total. The lowest BCUT2D eigenvalue weighted by atomic mass is 10.2. The molecule has 2 aromatic rings. The molecule has 1 saturated heterocycles. The molecule has 1 aliphatic carbocycles. The number of halogens is 1. The van der Waals surface area contributed by atoms with E-state index in [1.807, 2.05) is 0 Å². The summed E-state index contributed by atoms with van der Waals surface area (Å²) < 4.78 is 25.2. The molecule has 30 heavy (non-hydrogen) atoms. The first-order valence-electron chi connectivity index (χ1n) is 9.49. The second kappa shape index (κ2) is 8.19. The number of carbonyl (C=O) groups excluding carboxylic acids is 1. The fraction of sp³-hybridized carbons (Fsp3) is 0.350. The van der Waals surface area contributed by atoms with Crippen molar-refractivity contribution < 1.29 is 18.3 Å². The zero-order chi connectivity index (χ0) is 21.3. The topological polar surface area (TPSA) is 78.8 Å². The van der Waals surface area contributed by atoms with Crippen LogP contribution in [0.1, 0.15) is 18.9 Å². The standard InChI is InChI=1S/C20H21FN4O3S2/c1-12(29)22-5-6-23-16-3-2-14(8-15(16)21)25-11-20(28-19(25)26)9-17(20)24-18(30)13-4-7-27-10-13/h2-4,7-8,10,17,23H,5-6,9,11H2,1H3,(H,22,29)(H,24,30)/t17-,20?/m0/s1. The quantitative estimate of drug-likeness (QED) is 0.440. The molecule has 1 saturated carbocycles. The Kier molecular flexibility index (Phi) is 5.61. The Labute approximate surface area is 183 Å². The van der Waals surface area contributed by atoms with Crippen LogP contribution >= 0.6 is 24.4 Å². The highest BCUT2D eigenvalue weighted by Crippen LogP contribution is 2.46. The van der Waals surface area contributed by atoms with Crippen LogP contribution in [0.5, 0.6) is 0 Å². The minimum absolute atomic E-state index is 0.0863. The van der Waals surface area contributed by atoms with Gasteiger partial charge in [-0.2, -0.15) is 0 Å². The minimum atomic E-state index is -0.650. The van der Waals surface area contributed by atoms with Gasteiger partial charge in [-0.3, -0.25) is 4.90 Å². The van der Waals surface area contributed by atoms with Crippen molar-refractivity contribution in [3.63, 3.8) is 0 Å². The van der Waals surface area contributed by atoms with Crippen LogP contribution < -0.4 is 20.9 Å². The zero-order valence-electron chi connectivity index (χ0n) is 16.2. The third kappa shape index (κ3) is 4.24. The van der Waals surface area contributed by atoms with Crippen molar-refractivity contribution in [1.29, 1.82) is 0 Å². The average Bonchev–Trinajstić information content (AvgIpc) is 3.05. The molecule has 1 aromatic carbocycles. The first kappa shape index (κ1) is 20.5. The van der Waals surface area contributed by atoms with Gasteiger partial charge in [0, 0.05) is 25.1 Å². The smallest absolute Gasteiger partial charge is 0.415 e. The predicted octanol–water partition coefficient (Wildman–Crippen LogP) is 3.20. The van der Waals surface area contributed by atoms with Crippen molar-refractivity contribution in [2.45, 2.75) is 25.0 Å². The number of nitrogens with zero attached hydrogens (tertiary/aromatic N) is 1. The van der Waals surface area contributed by atoms with E-state index in [0.29, 0.717) is 47.4 Å². The Balaban J connectivity index is 1.36. The van der Waals surface area contributed by atoms with E-state index in [0.717, 1.165) is 5.56 Å². The molecule has 1 unspecified atom stereocenters. The van der Waals surface area contributed by atoms with Crippen molar-refractivity contribution in [2.24, 2.45) is 0 Å². The number of anilines is 2. The molecule has 1 aliphatic heterocycles. The molecule has 0 radical (unpaired) electrons. The summed E-state index contributed by atoms with van der Waals surface area (Å²) >= 11 is 10.3. The number of thiocarbonyl (C=S) groups is 2. The van der Waals surface area contributed by atoms with E-state index >= 15 is 0 Å². The van der Waals surface area contributed by atoms with Crippen LogP contribution in [0.25, 0.3) is 0 Å². The molecule has 4 rings (SSSR count). The van der Waals surface area contributed by atoms with E-state index in [2.05, 4.69) is 16.0 Å². The lowest BCUT2D eigenvalue weighted by molar-refractivity contribution is 0.124. The largest absolute Gasteiger partial charge is 0.472 e. The number of benzene rings is 1. The van der Waals surface area contributed by atoms with Crippen molar-refractivity contribution >= 4 is 51.9 Å². The summed E-state index contributed by atoms with van der Waals surface area (Å²) in [4.78, 5) is 15.1. The van der Waals surface area contributed by atoms with Crippen LogP contribution in [0.2, 0.25) is 0 Å². The highest BCUT2D eigenvalue weighted by Gasteiger charge is 2.64. The van der Waals surface area contributed by atoms with E-state index in [1.165, 1.54) is 11.0 Å². The van der Waals surface area contributed by atoms with Crippen molar-refractivity contribution in [2.75, 3.05) is 29.9 Å². The maximum absolute atomic E-state index is 14.5. The molecule has 1 spiro atoms. The number of furan rings is 1. The number of nitrogens with one attached hydrogen (secondary N) is 3. The van der Waals surface area contributed by atoms with Gasteiger partial charge in [0.05, 0.1) is 35.2 Å². The van der Waals surface area contributed by atoms with Gasteiger partial charge in [0.15, 0.2) is 5.60 Å². The molecule has 2 fully saturated rings. The van der Waals surface area contributed by atoms with Gasteiger partial charge >= 0.3 is 6.09 Å². The average molecular weight is 449 g/mol. The number of hydrogen-bond acceptors (Lipinski definition) is 6. The van der Waals surface area contributed by atoms with Gasteiger partial charge in [0.2, 0.25) is 0 Å². The second-order valence-electron chi connectivity index (χ2n) is 7.33. The van der Waals surface area contributed by atoms with Crippen LogP contribution in [-0.2, 0) is 4.74 Å². The molecule has 1 amide bonds. The van der Waals surface area contributed by atoms with E-state index in [4.69, 9.17) is 33.6 Å². The van der Waals surface area contributed by atoms with Crippen molar-refractivity contribution in [3.8, 4) is 0 Å². The summed E-state index contributed by atoms with van der Waals surface area (Å²) in [5, 5.41) is 9.21. The maximum atomic E-state index is 14.5. The second-order valence-corrected chi connectivity index (χ2v) is 8.36. The molecular weight excluding hydrogens is 427 g/mol. The fourth-order valence-corrected chi connectivity index (χ4v) is 3.79. The third-order valence-corrected chi connectivity index (χ3v) is 5.63. The Bertz CT molecular complexity index is 984. The number of rotatable bonds is 7. The van der Waals surface area contributed by atoms with Gasteiger partial charge in [0.25, 0.3) is 0 Å². The molecule has 10 heteroatoms. The number of ether oxygens (including phenoxy) is 1. The van der Waals surface area contributed by atoms with Gasteiger partial charge in [0.1, 0.15) is 17.1 Å². The SMILES string of the molecule is CC(=S)NCCNc1ccc(N2CC3(C[C@@H]3NC(=S)c3ccoc3)OC2=O)cc1F. The Hall–Kier alpha value is -2.72. The highest BCUT2D eigenvalue weighted by atomic mass is 32.1. The van der Waals surface area contributed by atoms with Gasteiger partial charge in [-0.15, -0.1) is 0 Å². The molecule has 7 nitrogen and oxygen atoms in total. The van der Waals surface area contributed by atoms with Crippen LogP contribution in [0.4, 0.5) is 20.6 Å². The summed E-state index contributed by atoms with van der Waals surface area (Å²) in [6.45, 7) is 3.23. The molecule has 0 bridgehead atoms. The number of amides is 1. The normalized spacial score (nSPS) is 22.0. The Morgan fingerprint density at radius 3 is 2.87 bits per heavy atom. The van der Waals surface area contributed by atoms with Crippen LogP contribution in [0.3, 0.4) is 0 Å². The summed E-state index contributed by atoms with van der Waals surface area (Å²) in [7, 11) is 0. The van der Waals surface area contributed by atoms with E-state index in [9.17, 15) is 9.18 Å².